The van der Waals surface area contributed by atoms with Gasteiger partial charge in [0.1, 0.15) is 18.1 Å². The van der Waals surface area contributed by atoms with Gasteiger partial charge in [0.25, 0.3) is 0 Å². The highest BCUT2D eigenvalue weighted by Gasteiger charge is 1.96. The Morgan fingerprint density at radius 2 is 2.45 bits per heavy atom. The molecule has 1 heterocycles. The van der Waals surface area contributed by atoms with E-state index < -0.39 is 0 Å². The Kier molecular flexibility index (Phi) is 3.11. The van der Waals surface area contributed by atoms with E-state index in [2.05, 4.69) is 9.98 Å². The average molecular weight is 173 g/mol. The van der Waals surface area contributed by atoms with Gasteiger partial charge in [0.05, 0.1) is 12.3 Å². The number of halogens is 1. The minimum absolute atomic E-state index is 0.329. The van der Waals surface area contributed by atoms with Crippen LogP contribution >= 0.6 is 11.6 Å². The van der Waals surface area contributed by atoms with Gasteiger partial charge in [-0.1, -0.05) is 11.6 Å². The van der Waals surface area contributed by atoms with Gasteiger partial charge >= 0.3 is 0 Å². The molecular weight excluding hydrogens is 164 g/mol. The normalized spacial score (nSPS) is 23.5. The van der Waals surface area contributed by atoms with Crippen molar-refractivity contribution in [2.24, 2.45) is 9.98 Å². The van der Waals surface area contributed by atoms with Crippen LogP contribution in [0.4, 0.5) is 0 Å². The van der Waals surface area contributed by atoms with Gasteiger partial charge in [0.15, 0.2) is 0 Å². The van der Waals surface area contributed by atoms with Crippen molar-refractivity contribution in [2.45, 2.75) is 6.92 Å². The van der Waals surface area contributed by atoms with Gasteiger partial charge in [-0.3, -0.25) is 4.99 Å². The zero-order valence-electron chi connectivity index (χ0n) is 6.25. The maximum absolute atomic E-state index is 5.64. The Labute approximate surface area is 70.4 Å². The van der Waals surface area contributed by atoms with Crippen LogP contribution in [0.15, 0.2) is 21.8 Å². The van der Waals surface area contributed by atoms with Crippen LogP contribution in [0.1, 0.15) is 6.92 Å². The lowest BCUT2D eigenvalue weighted by atomic mass is 10.5. The number of ether oxygens (including phenoxy) is 1. The molecule has 1 rings (SSSR count). The molecule has 0 spiro atoms. The van der Waals surface area contributed by atoms with E-state index in [-0.39, 0.29) is 0 Å². The minimum atomic E-state index is 0.329. The molecule has 0 aromatic carbocycles. The van der Waals surface area contributed by atoms with Gasteiger partial charge in [-0.15, -0.1) is 0 Å². The van der Waals surface area contributed by atoms with E-state index in [0.717, 1.165) is 5.76 Å². The maximum Gasteiger partial charge on any atom is 0.145 e. The highest BCUT2D eigenvalue weighted by atomic mass is 35.5. The molecular formula is C7H9ClN2O. The van der Waals surface area contributed by atoms with Crippen molar-refractivity contribution in [2.75, 3.05) is 13.2 Å². The van der Waals surface area contributed by atoms with E-state index in [9.17, 15) is 0 Å². The molecule has 0 atom stereocenters. The van der Waals surface area contributed by atoms with Crippen molar-refractivity contribution in [1.82, 2.24) is 0 Å². The summed E-state index contributed by atoms with van der Waals surface area (Å²) in [7, 11) is 0. The number of hydrogen-bond donors (Lipinski definition) is 0. The van der Waals surface area contributed by atoms with Crippen LogP contribution in [-0.4, -0.2) is 24.7 Å². The van der Waals surface area contributed by atoms with E-state index in [0.29, 0.717) is 18.3 Å². The fourth-order valence-electron chi connectivity index (χ4n) is 0.601. The standard InChI is InChI=1S/C7H9ClN2O/c1-6-2-3-9-5-10-7(8)4-11-6/h2,5H,3-4H2,1H3/b6-2-,9-5?,10-7?. The summed E-state index contributed by atoms with van der Waals surface area (Å²) in [6.07, 6.45) is 3.32. The quantitative estimate of drug-likeness (QED) is 0.546. The molecule has 0 saturated carbocycles. The Hall–Kier alpha value is -0.830. The molecule has 0 saturated heterocycles. The van der Waals surface area contributed by atoms with E-state index in [1.807, 2.05) is 13.0 Å². The lowest BCUT2D eigenvalue weighted by molar-refractivity contribution is 0.262. The summed E-state index contributed by atoms with van der Waals surface area (Å²) < 4.78 is 5.19. The second-order valence-corrected chi connectivity index (χ2v) is 2.53. The van der Waals surface area contributed by atoms with E-state index in [4.69, 9.17) is 16.3 Å². The Morgan fingerprint density at radius 3 is 3.27 bits per heavy atom. The van der Waals surface area contributed by atoms with Crippen LogP contribution in [0.25, 0.3) is 0 Å². The van der Waals surface area contributed by atoms with Crippen molar-refractivity contribution >= 4 is 23.1 Å². The van der Waals surface area contributed by atoms with Gasteiger partial charge in [-0.2, -0.15) is 0 Å². The highest BCUT2D eigenvalue weighted by Crippen LogP contribution is 1.99. The summed E-state index contributed by atoms with van der Waals surface area (Å²) in [5.74, 6) is 0.831. The van der Waals surface area contributed by atoms with Crippen LogP contribution in [0.5, 0.6) is 0 Å². The number of hydrogen-bond acceptors (Lipinski definition) is 3. The largest absolute Gasteiger partial charge is 0.491 e. The van der Waals surface area contributed by atoms with E-state index >= 15 is 0 Å². The first-order chi connectivity index (χ1) is 5.29. The Bertz CT molecular complexity index is 220. The van der Waals surface area contributed by atoms with Crippen molar-refractivity contribution in [1.29, 1.82) is 0 Å². The van der Waals surface area contributed by atoms with Crippen LogP contribution in [0, 0.1) is 0 Å². The predicted molar refractivity (Wildman–Crippen MR) is 46.4 cm³/mol. The summed E-state index contributed by atoms with van der Waals surface area (Å²) >= 11 is 5.64. The lowest BCUT2D eigenvalue weighted by Crippen LogP contribution is -2.00. The third-order valence-corrected chi connectivity index (χ3v) is 1.39. The maximum atomic E-state index is 5.64. The van der Waals surface area contributed by atoms with Gasteiger partial charge in [0, 0.05) is 0 Å². The third-order valence-electron chi connectivity index (χ3n) is 1.18. The molecule has 0 amide bonds. The van der Waals surface area contributed by atoms with Crippen molar-refractivity contribution in [3.8, 4) is 0 Å². The Balaban J connectivity index is 2.64. The first-order valence-electron chi connectivity index (χ1n) is 3.29. The van der Waals surface area contributed by atoms with Crippen molar-refractivity contribution < 1.29 is 4.74 Å². The number of allylic oxidation sites excluding steroid dienone is 1. The molecule has 0 radical (unpaired) electrons. The molecule has 1 aliphatic heterocycles. The predicted octanol–water partition coefficient (Wildman–Crippen LogP) is 1.59. The van der Waals surface area contributed by atoms with Gasteiger partial charge in [0.2, 0.25) is 0 Å². The number of nitrogens with zero attached hydrogens (tertiary/aromatic N) is 2. The number of rotatable bonds is 0. The highest BCUT2D eigenvalue weighted by molar-refractivity contribution is 6.66. The molecule has 0 N–H and O–H groups in total. The summed E-state index contributed by atoms with van der Waals surface area (Å²) in [4.78, 5) is 7.75. The second-order valence-electron chi connectivity index (χ2n) is 2.09. The molecule has 1 aliphatic rings. The van der Waals surface area contributed by atoms with Gasteiger partial charge < -0.3 is 4.74 Å². The molecule has 0 fully saturated rings. The van der Waals surface area contributed by atoms with Gasteiger partial charge in [-0.25, -0.2) is 4.99 Å². The molecule has 0 unspecified atom stereocenters. The van der Waals surface area contributed by atoms with E-state index in [1.54, 1.807) is 0 Å². The summed E-state index contributed by atoms with van der Waals surface area (Å²) in [6.45, 7) is 2.79. The van der Waals surface area contributed by atoms with Crippen LogP contribution in [-0.2, 0) is 4.74 Å². The molecule has 0 aromatic rings. The van der Waals surface area contributed by atoms with Crippen LogP contribution in [0.3, 0.4) is 0 Å². The van der Waals surface area contributed by atoms with E-state index in [1.165, 1.54) is 6.34 Å². The first kappa shape index (κ1) is 8.27. The van der Waals surface area contributed by atoms with Crippen molar-refractivity contribution in [3.05, 3.63) is 11.8 Å². The first-order valence-corrected chi connectivity index (χ1v) is 3.67. The SMILES string of the molecule is C/C1=C/CN=CN=C(Cl)CO1. The van der Waals surface area contributed by atoms with Crippen LogP contribution < -0.4 is 0 Å². The Morgan fingerprint density at radius 1 is 1.64 bits per heavy atom. The number of aliphatic imine (C=N–C) groups is 2. The van der Waals surface area contributed by atoms with Crippen molar-refractivity contribution in [3.63, 3.8) is 0 Å². The summed E-state index contributed by atoms with van der Waals surface area (Å²) in [5, 5.41) is 0.420. The topological polar surface area (TPSA) is 34.0 Å². The zero-order valence-corrected chi connectivity index (χ0v) is 7.01. The monoisotopic (exact) mass is 172 g/mol. The fraction of sp³-hybridized carbons (Fsp3) is 0.429. The van der Waals surface area contributed by atoms with Crippen LogP contribution in [0.2, 0.25) is 0 Å². The fourth-order valence-corrected chi connectivity index (χ4v) is 0.700. The molecule has 0 bridgehead atoms. The minimum Gasteiger partial charge on any atom is -0.491 e. The average Bonchev–Trinajstić information content (AvgIpc) is 2.06. The smallest absolute Gasteiger partial charge is 0.145 e. The summed E-state index contributed by atoms with van der Waals surface area (Å²) in [5.41, 5.74) is 0. The molecule has 11 heavy (non-hydrogen) atoms. The molecule has 3 nitrogen and oxygen atoms in total. The third kappa shape index (κ3) is 3.18. The van der Waals surface area contributed by atoms with Gasteiger partial charge in [-0.05, 0) is 13.0 Å². The summed E-state index contributed by atoms with van der Waals surface area (Å²) in [6, 6.07) is 0. The zero-order chi connectivity index (χ0) is 8.10. The molecule has 60 valence electrons. The lowest BCUT2D eigenvalue weighted by Gasteiger charge is -2.01. The molecule has 0 aromatic heterocycles. The molecule has 4 heteroatoms. The second kappa shape index (κ2) is 4.13. The molecule has 0 aliphatic carbocycles.